The molecule has 0 unspecified atom stereocenters. The molecule has 0 spiro atoms. The Hall–Kier alpha value is -2.38. The number of amides is 2. The molecule has 0 radical (unpaired) electrons. The van der Waals surface area contributed by atoms with Crippen molar-refractivity contribution >= 4 is 34.5 Å². The maximum atomic E-state index is 12.9. The first-order valence-corrected chi connectivity index (χ1v) is 12.0. The first-order valence-electron chi connectivity index (χ1n) is 11.2. The van der Waals surface area contributed by atoms with Gasteiger partial charge in [-0.25, -0.2) is 0 Å². The van der Waals surface area contributed by atoms with E-state index in [-0.39, 0.29) is 17.7 Å². The lowest BCUT2D eigenvalue weighted by molar-refractivity contribution is -0.120. The molecule has 2 heterocycles. The van der Waals surface area contributed by atoms with Crippen LogP contribution in [0, 0.1) is 5.92 Å². The molecule has 1 aromatic heterocycles. The molecule has 4 rings (SSSR count). The largest absolute Gasteiger partial charge is 0.378 e. The van der Waals surface area contributed by atoms with Crippen LogP contribution in [-0.4, -0.2) is 56.1 Å². The Morgan fingerprint density at radius 1 is 1.16 bits per heavy atom. The second-order valence-corrected chi connectivity index (χ2v) is 9.25. The summed E-state index contributed by atoms with van der Waals surface area (Å²) < 4.78 is 5.41. The SMILES string of the molecule is CCN(CC)C(=O)c1cc2c(s1)CC[C@H](C(=O)Nc1ccc(N3CCOCC3)cc1)C2. The maximum Gasteiger partial charge on any atom is 0.263 e. The van der Waals surface area contributed by atoms with Gasteiger partial charge in [-0.15, -0.1) is 11.3 Å². The van der Waals surface area contributed by atoms with Crippen LogP contribution in [0.2, 0.25) is 0 Å². The molecule has 31 heavy (non-hydrogen) atoms. The number of hydrogen-bond donors (Lipinski definition) is 1. The highest BCUT2D eigenvalue weighted by molar-refractivity contribution is 7.14. The van der Waals surface area contributed by atoms with Crippen LogP contribution in [0.4, 0.5) is 11.4 Å². The summed E-state index contributed by atoms with van der Waals surface area (Å²) in [5, 5.41) is 3.08. The zero-order valence-corrected chi connectivity index (χ0v) is 19.2. The zero-order chi connectivity index (χ0) is 21.8. The van der Waals surface area contributed by atoms with Crippen LogP contribution < -0.4 is 10.2 Å². The fourth-order valence-corrected chi connectivity index (χ4v) is 5.52. The molecule has 1 fully saturated rings. The lowest BCUT2D eigenvalue weighted by Gasteiger charge is -2.29. The number of rotatable bonds is 6. The number of carbonyl (C=O) groups is 2. The first-order chi connectivity index (χ1) is 15.1. The number of nitrogens with one attached hydrogen (secondary N) is 1. The van der Waals surface area contributed by atoms with E-state index in [0.717, 1.165) is 61.0 Å². The fraction of sp³-hybridized carbons (Fsp3) is 0.500. The minimum absolute atomic E-state index is 0.0579. The number of morpholine rings is 1. The Balaban J connectivity index is 1.37. The van der Waals surface area contributed by atoms with Crippen LogP contribution >= 0.6 is 11.3 Å². The Labute approximate surface area is 188 Å². The van der Waals surface area contributed by atoms with Gasteiger partial charge in [0.15, 0.2) is 0 Å². The van der Waals surface area contributed by atoms with Crippen LogP contribution in [-0.2, 0) is 22.4 Å². The highest BCUT2D eigenvalue weighted by Crippen LogP contribution is 2.33. The molecule has 1 aliphatic carbocycles. The third kappa shape index (κ3) is 4.93. The van der Waals surface area contributed by atoms with E-state index >= 15 is 0 Å². The summed E-state index contributed by atoms with van der Waals surface area (Å²) >= 11 is 1.60. The van der Waals surface area contributed by atoms with Crippen LogP contribution in [0.25, 0.3) is 0 Å². The molecule has 166 valence electrons. The van der Waals surface area contributed by atoms with Gasteiger partial charge in [0.25, 0.3) is 5.91 Å². The molecule has 2 amide bonds. The summed E-state index contributed by atoms with van der Waals surface area (Å²) in [5.74, 6) is 0.107. The highest BCUT2D eigenvalue weighted by Gasteiger charge is 2.28. The van der Waals surface area contributed by atoms with Crippen molar-refractivity contribution in [2.45, 2.75) is 33.1 Å². The van der Waals surface area contributed by atoms with Crippen molar-refractivity contribution in [2.24, 2.45) is 5.92 Å². The van der Waals surface area contributed by atoms with E-state index in [1.165, 1.54) is 4.88 Å². The Morgan fingerprint density at radius 3 is 2.55 bits per heavy atom. The summed E-state index contributed by atoms with van der Waals surface area (Å²) in [6.45, 7) is 8.75. The van der Waals surface area contributed by atoms with Crippen molar-refractivity contribution in [3.8, 4) is 0 Å². The molecular weight excluding hydrogens is 410 g/mol. The van der Waals surface area contributed by atoms with Gasteiger partial charge < -0.3 is 19.9 Å². The van der Waals surface area contributed by atoms with E-state index in [4.69, 9.17) is 4.74 Å². The average Bonchev–Trinajstić information content (AvgIpc) is 3.24. The van der Waals surface area contributed by atoms with Crippen molar-refractivity contribution in [1.29, 1.82) is 0 Å². The molecule has 1 aliphatic heterocycles. The van der Waals surface area contributed by atoms with Gasteiger partial charge in [0.2, 0.25) is 5.91 Å². The molecule has 0 saturated carbocycles. The molecule has 0 bridgehead atoms. The molecule has 1 saturated heterocycles. The van der Waals surface area contributed by atoms with Crippen molar-refractivity contribution in [3.63, 3.8) is 0 Å². The van der Waals surface area contributed by atoms with Crippen molar-refractivity contribution in [3.05, 3.63) is 45.6 Å². The minimum Gasteiger partial charge on any atom is -0.378 e. The number of anilines is 2. The molecule has 1 aromatic carbocycles. The van der Waals surface area contributed by atoms with E-state index in [1.54, 1.807) is 11.3 Å². The van der Waals surface area contributed by atoms with Gasteiger partial charge in [0.1, 0.15) is 0 Å². The molecule has 2 aliphatic rings. The van der Waals surface area contributed by atoms with Gasteiger partial charge in [-0.2, -0.15) is 0 Å². The second kappa shape index (κ2) is 9.83. The Bertz CT molecular complexity index is 915. The number of hydrogen-bond acceptors (Lipinski definition) is 5. The van der Waals surface area contributed by atoms with Crippen LogP contribution in [0.3, 0.4) is 0 Å². The monoisotopic (exact) mass is 441 g/mol. The number of fused-ring (bicyclic) bond motifs is 1. The smallest absolute Gasteiger partial charge is 0.263 e. The zero-order valence-electron chi connectivity index (χ0n) is 18.4. The molecule has 1 atom stereocenters. The maximum absolute atomic E-state index is 12.9. The summed E-state index contributed by atoms with van der Waals surface area (Å²) in [4.78, 5) is 31.8. The summed E-state index contributed by atoms with van der Waals surface area (Å²) in [6, 6.07) is 10.1. The number of thiophene rings is 1. The third-order valence-electron chi connectivity index (χ3n) is 6.23. The number of ether oxygens (including phenoxy) is 1. The Morgan fingerprint density at radius 2 is 1.87 bits per heavy atom. The predicted octanol–water partition coefficient (Wildman–Crippen LogP) is 3.81. The van der Waals surface area contributed by atoms with Gasteiger partial charge in [-0.1, -0.05) is 0 Å². The molecule has 6 nitrogen and oxygen atoms in total. The molecule has 1 N–H and O–H groups in total. The minimum atomic E-state index is -0.0579. The van der Waals surface area contributed by atoms with Gasteiger partial charge in [0, 0.05) is 48.3 Å². The van der Waals surface area contributed by atoms with Crippen molar-refractivity contribution in [2.75, 3.05) is 49.6 Å². The Kier molecular flexibility index (Phi) is 6.92. The standard InChI is InChI=1S/C24H31N3O3S/c1-3-26(4-2)24(29)22-16-18-15-17(5-10-21(18)31-22)23(28)25-19-6-8-20(9-7-19)27-11-13-30-14-12-27/h6-9,16-17H,3-5,10-15H2,1-2H3,(H,25,28)/t17-/m0/s1. The average molecular weight is 442 g/mol. The van der Waals surface area contributed by atoms with Gasteiger partial charge in [-0.3, -0.25) is 9.59 Å². The molecular formula is C24H31N3O3S. The van der Waals surface area contributed by atoms with Crippen LogP contribution in [0.5, 0.6) is 0 Å². The first kappa shape index (κ1) is 21.8. The van der Waals surface area contributed by atoms with Crippen LogP contribution in [0.1, 0.15) is 40.4 Å². The summed E-state index contributed by atoms with van der Waals surface area (Å²) in [6.07, 6.45) is 2.39. The molecule has 2 aromatic rings. The number of aryl methyl sites for hydroxylation is 1. The second-order valence-electron chi connectivity index (χ2n) is 8.11. The van der Waals surface area contributed by atoms with Crippen LogP contribution in [0.15, 0.2) is 30.3 Å². The van der Waals surface area contributed by atoms with Crippen molar-refractivity contribution in [1.82, 2.24) is 4.90 Å². The fourth-order valence-electron chi connectivity index (χ4n) is 4.34. The van der Waals surface area contributed by atoms with E-state index in [0.29, 0.717) is 19.5 Å². The molecule has 7 heteroatoms. The van der Waals surface area contributed by atoms with E-state index in [9.17, 15) is 9.59 Å². The third-order valence-corrected chi connectivity index (χ3v) is 7.45. The van der Waals surface area contributed by atoms with Gasteiger partial charge in [-0.05, 0) is 69.0 Å². The van der Waals surface area contributed by atoms with E-state index in [1.807, 2.05) is 36.9 Å². The number of carbonyl (C=O) groups excluding carboxylic acids is 2. The summed E-state index contributed by atoms with van der Waals surface area (Å²) in [5.41, 5.74) is 3.15. The summed E-state index contributed by atoms with van der Waals surface area (Å²) in [7, 11) is 0. The predicted molar refractivity (Wildman–Crippen MR) is 125 cm³/mol. The number of nitrogens with zero attached hydrogens (tertiary/aromatic N) is 2. The van der Waals surface area contributed by atoms with E-state index in [2.05, 4.69) is 22.3 Å². The number of benzene rings is 1. The lowest BCUT2D eigenvalue weighted by Crippen LogP contribution is -2.36. The van der Waals surface area contributed by atoms with E-state index < -0.39 is 0 Å². The van der Waals surface area contributed by atoms with Crippen molar-refractivity contribution < 1.29 is 14.3 Å². The topological polar surface area (TPSA) is 61.9 Å². The quantitative estimate of drug-likeness (QED) is 0.741. The highest BCUT2D eigenvalue weighted by atomic mass is 32.1. The normalized spacial score (nSPS) is 18.4. The lowest BCUT2D eigenvalue weighted by atomic mass is 9.87. The van der Waals surface area contributed by atoms with Gasteiger partial charge in [0.05, 0.1) is 18.1 Å². The van der Waals surface area contributed by atoms with Gasteiger partial charge >= 0.3 is 0 Å².